The van der Waals surface area contributed by atoms with Crippen LogP contribution in [-0.2, 0) is 5.67 Å². The van der Waals surface area contributed by atoms with E-state index in [9.17, 15) is 4.39 Å². The van der Waals surface area contributed by atoms with E-state index in [4.69, 9.17) is 4.74 Å². The Bertz CT molecular complexity index is 485. The van der Waals surface area contributed by atoms with Crippen LogP contribution in [0.3, 0.4) is 0 Å². The number of ether oxygens (including phenoxy) is 1. The van der Waals surface area contributed by atoms with Crippen LogP contribution in [0, 0.1) is 0 Å². The largest absolute Gasteiger partial charge is 0.494 e. The lowest BCUT2D eigenvalue weighted by Gasteiger charge is -2.08. The van der Waals surface area contributed by atoms with Gasteiger partial charge in [0.05, 0.1) is 12.6 Å². The van der Waals surface area contributed by atoms with Crippen molar-refractivity contribution in [2.24, 2.45) is 0 Å². The van der Waals surface area contributed by atoms with Crippen molar-refractivity contribution >= 4 is 11.0 Å². The van der Waals surface area contributed by atoms with E-state index in [1.54, 1.807) is 13.2 Å². The highest BCUT2D eigenvalue weighted by Gasteiger charge is 2.23. The van der Waals surface area contributed by atoms with Gasteiger partial charge in [-0.2, -0.15) is 0 Å². The summed E-state index contributed by atoms with van der Waals surface area (Å²) in [6.07, 6.45) is 0. The quantitative estimate of drug-likeness (QED) is 0.824. The van der Waals surface area contributed by atoms with Gasteiger partial charge in [0.15, 0.2) is 5.67 Å². The predicted molar refractivity (Wildman–Crippen MR) is 56.8 cm³/mol. The van der Waals surface area contributed by atoms with Gasteiger partial charge >= 0.3 is 0 Å². The summed E-state index contributed by atoms with van der Waals surface area (Å²) in [5.41, 5.74) is -0.0138. The van der Waals surface area contributed by atoms with Crippen molar-refractivity contribution in [1.29, 1.82) is 0 Å². The van der Waals surface area contributed by atoms with Crippen molar-refractivity contribution in [3.05, 3.63) is 24.0 Å². The van der Waals surface area contributed by atoms with Crippen LogP contribution in [0.25, 0.3) is 11.0 Å². The van der Waals surface area contributed by atoms with Gasteiger partial charge in [-0.15, -0.1) is 0 Å². The normalized spacial score (nSPS) is 12.0. The van der Waals surface area contributed by atoms with E-state index in [1.807, 2.05) is 12.1 Å². The Labute approximate surface area is 87.3 Å². The fraction of sp³-hybridized carbons (Fsp3) is 0.364. The molecule has 2 rings (SSSR count). The summed E-state index contributed by atoms with van der Waals surface area (Å²) in [5.74, 6) is 0.973. The van der Waals surface area contributed by atoms with E-state index >= 15 is 0 Å². The maximum atomic E-state index is 13.7. The molecule has 4 heteroatoms. The highest BCUT2D eigenvalue weighted by atomic mass is 19.1. The molecule has 1 aromatic heterocycles. The van der Waals surface area contributed by atoms with E-state index in [-0.39, 0.29) is 0 Å². The standard InChI is InChI=1S/C11H13FN2O/c1-11(2,12)10-13-7-5-4-6-8(15-3)9(7)14-10/h4-6H,1-3H3,(H,13,14). The molecule has 0 bridgehead atoms. The molecule has 0 aliphatic heterocycles. The van der Waals surface area contributed by atoms with Crippen molar-refractivity contribution in [2.45, 2.75) is 19.5 Å². The van der Waals surface area contributed by atoms with E-state index in [0.29, 0.717) is 17.1 Å². The molecule has 0 fully saturated rings. The van der Waals surface area contributed by atoms with Crippen LogP contribution in [0.5, 0.6) is 5.75 Å². The Balaban J connectivity index is 2.65. The number of nitrogens with one attached hydrogen (secondary N) is 1. The minimum Gasteiger partial charge on any atom is -0.494 e. The first-order valence-corrected chi connectivity index (χ1v) is 4.74. The van der Waals surface area contributed by atoms with Crippen LogP contribution in [0.15, 0.2) is 18.2 Å². The van der Waals surface area contributed by atoms with E-state index in [1.165, 1.54) is 13.8 Å². The summed E-state index contributed by atoms with van der Waals surface area (Å²) in [6.45, 7) is 2.94. The molecule has 0 spiro atoms. The van der Waals surface area contributed by atoms with Crippen LogP contribution in [0.4, 0.5) is 4.39 Å². The molecule has 1 N–H and O–H groups in total. The molecule has 0 atom stereocenters. The topological polar surface area (TPSA) is 37.9 Å². The maximum Gasteiger partial charge on any atom is 0.162 e. The Morgan fingerprint density at radius 1 is 1.40 bits per heavy atom. The SMILES string of the molecule is COc1cccc2[nH]c(C(C)(C)F)nc12. The highest BCUT2D eigenvalue weighted by Crippen LogP contribution is 2.28. The Kier molecular flexibility index (Phi) is 2.14. The van der Waals surface area contributed by atoms with E-state index in [0.717, 1.165) is 5.52 Å². The molecule has 0 unspecified atom stereocenters. The van der Waals surface area contributed by atoms with Gasteiger partial charge in [0.2, 0.25) is 0 Å². The monoisotopic (exact) mass is 208 g/mol. The first-order valence-electron chi connectivity index (χ1n) is 4.74. The number of halogens is 1. The third-order valence-electron chi connectivity index (χ3n) is 2.26. The second-order valence-corrected chi connectivity index (χ2v) is 3.91. The number of H-pyrrole nitrogens is 1. The Morgan fingerprint density at radius 3 is 2.73 bits per heavy atom. The summed E-state index contributed by atoms with van der Waals surface area (Å²) >= 11 is 0. The summed E-state index contributed by atoms with van der Waals surface area (Å²) in [4.78, 5) is 7.14. The highest BCUT2D eigenvalue weighted by molar-refractivity contribution is 5.81. The van der Waals surface area contributed by atoms with Gasteiger partial charge in [-0.25, -0.2) is 9.37 Å². The minimum atomic E-state index is -1.47. The molecular weight excluding hydrogens is 195 g/mol. The zero-order valence-electron chi connectivity index (χ0n) is 8.97. The lowest BCUT2D eigenvalue weighted by atomic mass is 10.2. The number of benzene rings is 1. The smallest absolute Gasteiger partial charge is 0.162 e. The van der Waals surface area contributed by atoms with E-state index in [2.05, 4.69) is 9.97 Å². The first-order chi connectivity index (χ1) is 7.02. The zero-order valence-corrected chi connectivity index (χ0v) is 8.97. The number of aromatic amines is 1. The van der Waals surface area contributed by atoms with Crippen molar-refractivity contribution in [1.82, 2.24) is 9.97 Å². The zero-order chi connectivity index (χ0) is 11.1. The molecule has 80 valence electrons. The van der Waals surface area contributed by atoms with Crippen molar-refractivity contribution < 1.29 is 9.13 Å². The molecule has 1 aromatic carbocycles. The summed E-state index contributed by atoms with van der Waals surface area (Å²) in [7, 11) is 1.57. The number of rotatable bonds is 2. The van der Waals surface area contributed by atoms with Crippen molar-refractivity contribution in [2.75, 3.05) is 7.11 Å². The number of methoxy groups -OCH3 is 1. The number of fused-ring (bicyclic) bond motifs is 1. The van der Waals surface area contributed by atoms with Gasteiger partial charge < -0.3 is 9.72 Å². The summed E-state index contributed by atoms with van der Waals surface area (Å²) in [6, 6.07) is 5.49. The number of hydrogen-bond acceptors (Lipinski definition) is 2. The number of hydrogen-bond donors (Lipinski definition) is 1. The molecule has 0 saturated carbocycles. The predicted octanol–water partition coefficient (Wildman–Crippen LogP) is 2.78. The maximum absolute atomic E-state index is 13.7. The first kappa shape index (κ1) is 9.96. The Hall–Kier alpha value is -1.58. The lowest BCUT2D eigenvalue weighted by Crippen LogP contribution is -2.10. The second-order valence-electron chi connectivity index (χ2n) is 3.91. The van der Waals surface area contributed by atoms with Crippen LogP contribution in [0.1, 0.15) is 19.7 Å². The van der Waals surface area contributed by atoms with Gasteiger partial charge in [0.1, 0.15) is 17.1 Å². The van der Waals surface area contributed by atoms with Crippen LogP contribution in [-0.4, -0.2) is 17.1 Å². The molecule has 0 amide bonds. The Morgan fingerprint density at radius 2 is 2.13 bits per heavy atom. The fourth-order valence-electron chi connectivity index (χ4n) is 1.45. The van der Waals surface area contributed by atoms with Crippen LogP contribution >= 0.6 is 0 Å². The number of imidazole rings is 1. The minimum absolute atomic E-state index is 0.321. The molecule has 3 nitrogen and oxygen atoms in total. The van der Waals surface area contributed by atoms with Crippen LogP contribution < -0.4 is 4.74 Å². The molecule has 0 aliphatic carbocycles. The molecule has 2 aromatic rings. The average molecular weight is 208 g/mol. The van der Waals surface area contributed by atoms with Gasteiger partial charge in [-0.1, -0.05) is 6.07 Å². The van der Waals surface area contributed by atoms with Crippen molar-refractivity contribution in [3.8, 4) is 5.75 Å². The van der Waals surface area contributed by atoms with Gasteiger partial charge in [0, 0.05) is 0 Å². The van der Waals surface area contributed by atoms with Crippen molar-refractivity contribution in [3.63, 3.8) is 0 Å². The van der Waals surface area contributed by atoms with Gasteiger partial charge in [-0.3, -0.25) is 0 Å². The fourth-order valence-corrected chi connectivity index (χ4v) is 1.45. The van der Waals surface area contributed by atoms with Gasteiger partial charge in [0.25, 0.3) is 0 Å². The number of aromatic nitrogens is 2. The molecular formula is C11H13FN2O. The third kappa shape index (κ3) is 1.67. The number of alkyl halides is 1. The summed E-state index contributed by atoms with van der Waals surface area (Å²) in [5, 5.41) is 0. The molecule has 1 heterocycles. The molecule has 0 aliphatic rings. The molecule has 0 saturated heterocycles. The van der Waals surface area contributed by atoms with Crippen LogP contribution in [0.2, 0.25) is 0 Å². The number of para-hydroxylation sites is 1. The lowest BCUT2D eigenvalue weighted by molar-refractivity contribution is 0.208. The molecule has 15 heavy (non-hydrogen) atoms. The molecule has 0 radical (unpaired) electrons. The second kappa shape index (κ2) is 3.22. The average Bonchev–Trinajstić information content (AvgIpc) is 2.59. The third-order valence-corrected chi connectivity index (χ3v) is 2.26. The summed E-state index contributed by atoms with van der Waals surface area (Å²) < 4.78 is 18.8. The number of nitrogens with zero attached hydrogens (tertiary/aromatic N) is 1. The van der Waals surface area contributed by atoms with E-state index < -0.39 is 5.67 Å². The van der Waals surface area contributed by atoms with Gasteiger partial charge in [-0.05, 0) is 26.0 Å².